The van der Waals surface area contributed by atoms with Crippen molar-refractivity contribution in [1.29, 1.82) is 0 Å². The van der Waals surface area contributed by atoms with E-state index in [0.29, 0.717) is 24.6 Å². The van der Waals surface area contributed by atoms with E-state index in [2.05, 4.69) is 5.32 Å². The summed E-state index contributed by atoms with van der Waals surface area (Å²) in [6.07, 6.45) is -0.328. The molecule has 1 amide bonds. The third kappa shape index (κ3) is 2.89. The molecule has 0 atom stereocenters. The van der Waals surface area contributed by atoms with E-state index >= 15 is 0 Å². The molecule has 0 bridgehead atoms. The minimum atomic E-state index is -4.80. The van der Waals surface area contributed by atoms with Crippen molar-refractivity contribution in [3.63, 3.8) is 0 Å². The van der Waals surface area contributed by atoms with Crippen LogP contribution in [-0.4, -0.2) is 12.5 Å². The van der Waals surface area contributed by atoms with E-state index in [1.807, 2.05) is 0 Å². The number of rotatable bonds is 4. The van der Waals surface area contributed by atoms with Gasteiger partial charge >= 0.3 is 6.18 Å². The van der Waals surface area contributed by atoms with Gasteiger partial charge in [-0.3, -0.25) is 4.79 Å². The van der Waals surface area contributed by atoms with Crippen LogP contribution in [0.25, 0.3) is 0 Å². The van der Waals surface area contributed by atoms with Crippen LogP contribution in [0.5, 0.6) is 0 Å². The predicted octanol–water partition coefficient (Wildman–Crippen LogP) is 3.76. The maximum Gasteiger partial charge on any atom is 0.419 e. The molecule has 3 rings (SSSR count). The van der Waals surface area contributed by atoms with Crippen LogP contribution < -0.4 is 5.32 Å². The van der Waals surface area contributed by atoms with Crippen molar-refractivity contribution in [1.82, 2.24) is 5.32 Å². The lowest BCUT2D eigenvalue weighted by atomic mass is 10.0. The van der Waals surface area contributed by atoms with Gasteiger partial charge in [0.2, 0.25) is 0 Å². The van der Waals surface area contributed by atoms with Gasteiger partial charge in [0.05, 0.1) is 5.56 Å². The second kappa shape index (κ2) is 4.71. The fraction of sp³-hybridized carbons (Fsp3) is 0.533. The normalized spacial score (nSPS) is 20.2. The Bertz CT molecular complexity index is 574. The third-order valence-corrected chi connectivity index (χ3v) is 4.47. The Hall–Kier alpha value is -1.59. The van der Waals surface area contributed by atoms with Gasteiger partial charge in [-0.2, -0.15) is 13.2 Å². The minimum absolute atomic E-state index is 0.157. The average molecular weight is 301 g/mol. The zero-order valence-corrected chi connectivity index (χ0v) is 11.3. The molecule has 2 fully saturated rings. The van der Waals surface area contributed by atoms with E-state index in [1.165, 1.54) is 12.8 Å². The summed E-state index contributed by atoms with van der Waals surface area (Å²) in [5, 5.41) is 2.69. The second-order valence-corrected chi connectivity index (χ2v) is 6.01. The number of benzene rings is 1. The molecule has 0 spiro atoms. The number of hydrogen-bond acceptors (Lipinski definition) is 1. The zero-order valence-electron chi connectivity index (χ0n) is 11.3. The molecule has 2 aliphatic carbocycles. The number of nitrogens with one attached hydrogen (secondary N) is 1. The third-order valence-electron chi connectivity index (χ3n) is 4.47. The molecule has 1 aromatic rings. The second-order valence-electron chi connectivity index (χ2n) is 6.01. The summed E-state index contributed by atoms with van der Waals surface area (Å²) in [6, 6.07) is 2.34. The zero-order chi connectivity index (χ0) is 15.3. The largest absolute Gasteiger partial charge is 0.419 e. The van der Waals surface area contributed by atoms with E-state index in [-0.39, 0.29) is 11.0 Å². The fourth-order valence-electron chi connectivity index (χ4n) is 2.83. The highest BCUT2D eigenvalue weighted by Gasteiger charge is 2.53. The van der Waals surface area contributed by atoms with E-state index < -0.39 is 23.5 Å². The first kappa shape index (κ1) is 14.4. The predicted molar refractivity (Wildman–Crippen MR) is 68.1 cm³/mol. The number of amides is 1. The Kier molecular flexibility index (Phi) is 3.22. The number of carbonyl (C=O) groups is 1. The van der Waals surface area contributed by atoms with Crippen LogP contribution >= 0.6 is 0 Å². The Morgan fingerprint density at radius 2 is 1.95 bits per heavy atom. The van der Waals surface area contributed by atoms with Gasteiger partial charge < -0.3 is 5.32 Å². The maximum absolute atomic E-state index is 13.2. The highest BCUT2D eigenvalue weighted by atomic mass is 19.4. The summed E-state index contributed by atoms with van der Waals surface area (Å²) in [7, 11) is 0. The Balaban J connectivity index is 1.70. The van der Waals surface area contributed by atoms with Crippen molar-refractivity contribution < 1.29 is 22.4 Å². The molecule has 0 heterocycles. The lowest BCUT2D eigenvalue weighted by molar-refractivity contribution is -0.140. The first-order valence-electron chi connectivity index (χ1n) is 6.97. The highest BCUT2D eigenvalue weighted by molar-refractivity contribution is 5.94. The van der Waals surface area contributed by atoms with Gasteiger partial charge in [-0.25, -0.2) is 4.39 Å². The van der Waals surface area contributed by atoms with Gasteiger partial charge in [-0.15, -0.1) is 0 Å². The van der Waals surface area contributed by atoms with Gasteiger partial charge in [0.25, 0.3) is 5.91 Å². The van der Waals surface area contributed by atoms with Crippen molar-refractivity contribution in [3.05, 3.63) is 35.1 Å². The number of alkyl halides is 3. The minimum Gasteiger partial charge on any atom is -0.351 e. The Labute approximate surface area is 119 Å². The molecule has 1 N–H and O–H groups in total. The molecule has 0 radical (unpaired) electrons. The molecular formula is C15H15F4NO. The Morgan fingerprint density at radius 1 is 1.29 bits per heavy atom. The maximum atomic E-state index is 13.2. The van der Waals surface area contributed by atoms with Crippen molar-refractivity contribution in [2.24, 2.45) is 11.3 Å². The van der Waals surface area contributed by atoms with E-state index in [1.54, 1.807) is 0 Å². The van der Waals surface area contributed by atoms with Gasteiger partial charge in [0, 0.05) is 12.1 Å². The molecule has 21 heavy (non-hydrogen) atoms. The molecule has 1 aromatic carbocycles. The number of carbonyl (C=O) groups excluding carboxylic acids is 1. The summed E-state index contributed by atoms with van der Waals surface area (Å²) >= 11 is 0. The average Bonchev–Trinajstić information content (AvgIpc) is 3.25. The Morgan fingerprint density at radius 3 is 2.48 bits per heavy atom. The van der Waals surface area contributed by atoms with Crippen LogP contribution in [0.2, 0.25) is 0 Å². The van der Waals surface area contributed by atoms with Gasteiger partial charge in [-0.05, 0) is 55.2 Å². The number of hydrogen-bond donors (Lipinski definition) is 1. The van der Waals surface area contributed by atoms with Crippen LogP contribution in [0.15, 0.2) is 18.2 Å². The van der Waals surface area contributed by atoms with E-state index in [9.17, 15) is 22.4 Å². The van der Waals surface area contributed by atoms with Gasteiger partial charge in [0.15, 0.2) is 0 Å². The fourth-order valence-corrected chi connectivity index (χ4v) is 2.83. The highest BCUT2D eigenvalue weighted by Crippen LogP contribution is 2.60. The summed E-state index contributed by atoms with van der Waals surface area (Å²) in [5.74, 6) is -1.29. The van der Waals surface area contributed by atoms with E-state index in [4.69, 9.17) is 0 Å². The van der Waals surface area contributed by atoms with Crippen molar-refractivity contribution in [3.8, 4) is 0 Å². The molecule has 0 unspecified atom stereocenters. The summed E-state index contributed by atoms with van der Waals surface area (Å²) in [4.78, 5) is 12.0. The van der Waals surface area contributed by atoms with Gasteiger partial charge in [0.1, 0.15) is 5.82 Å². The standard InChI is InChI=1S/C15H15F4NO/c16-12-4-1-9(7-11(12)15(17,18)19)13(21)20-8-14(5-6-14)10-2-3-10/h1,4,7,10H,2-3,5-6,8H2,(H,20,21). The van der Waals surface area contributed by atoms with Crippen LogP contribution in [-0.2, 0) is 6.18 Å². The lowest BCUT2D eigenvalue weighted by Gasteiger charge is -2.15. The SMILES string of the molecule is O=C(NCC1(C2CC2)CC1)c1ccc(F)c(C(F)(F)F)c1. The summed E-state index contributed by atoms with van der Waals surface area (Å²) in [5.41, 5.74) is -1.39. The van der Waals surface area contributed by atoms with E-state index in [0.717, 1.165) is 18.9 Å². The molecule has 0 saturated heterocycles. The summed E-state index contributed by atoms with van der Waals surface area (Å²) in [6.45, 7) is 0.495. The topological polar surface area (TPSA) is 29.1 Å². The van der Waals surface area contributed by atoms with Crippen molar-refractivity contribution in [2.75, 3.05) is 6.54 Å². The molecule has 0 aromatic heterocycles. The molecule has 2 saturated carbocycles. The van der Waals surface area contributed by atoms with Crippen LogP contribution in [0.4, 0.5) is 17.6 Å². The molecule has 0 aliphatic heterocycles. The molecule has 114 valence electrons. The van der Waals surface area contributed by atoms with Crippen LogP contribution in [0.3, 0.4) is 0 Å². The first-order chi connectivity index (χ1) is 9.82. The molecular weight excluding hydrogens is 286 g/mol. The summed E-state index contributed by atoms with van der Waals surface area (Å²) < 4.78 is 51.0. The lowest BCUT2D eigenvalue weighted by Crippen LogP contribution is -2.31. The van der Waals surface area contributed by atoms with Crippen molar-refractivity contribution >= 4 is 5.91 Å². The smallest absolute Gasteiger partial charge is 0.351 e. The first-order valence-corrected chi connectivity index (χ1v) is 6.97. The van der Waals surface area contributed by atoms with Crippen LogP contribution in [0, 0.1) is 17.2 Å². The number of halogens is 4. The molecule has 6 heteroatoms. The molecule has 2 aliphatic rings. The van der Waals surface area contributed by atoms with Crippen molar-refractivity contribution in [2.45, 2.75) is 31.9 Å². The monoisotopic (exact) mass is 301 g/mol. The van der Waals surface area contributed by atoms with Crippen LogP contribution in [0.1, 0.15) is 41.6 Å². The quantitative estimate of drug-likeness (QED) is 0.843. The molecule has 2 nitrogen and oxygen atoms in total. The van der Waals surface area contributed by atoms with Gasteiger partial charge in [-0.1, -0.05) is 0 Å².